The number of nitrogens with zero attached hydrogens (tertiary/aromatic N) is 1. The highest BCUT2D eigenvalue weighted by molar-refractivity contribution is 7.12. The second kappa shape index (κ2) is 6.74. The third-order valence-electron chi connectivity index (χ3n) is 3.52. The van der Waals surface area contributed by atoms with Crippen LogP contribution in [0.5, 0.6) is 5.75 Å². The number of hydrogen-bond acceptors (Lipinski definition) is 4. The van der Waals surface area contributed by atoms with Crippen molar-refractivity contribution in [2.75, 3.05) is 20.8 Å². The molecule has 112 valence electrons. The highest BCUT2D eigenvalue weighted by atomic mass is 32.1. The molecule has 4 nitrogen and oxygen atoms in total. The summed E-state index contributed by atoms with van der Waals surface area (Å²) in [6.45, 7) is 1.79. The van der Waals surface area contributed by atoms with E-state index in [-0.39, 0.29) is 18.6 Å². The fourth-order valence-corrected chi connectivity index (χ4v) is 3.08. The lowest BCUT2D eigenvalue weighted by molar-refractivity contribution is 0.0662. The first kappa shape index (κ1) is 15.5. The van der Waals surface area contributed by atoms with Crippen molar-refractivity contribution in [1.29, 1.82) is 0 Å². The normalized spacial score (nSPS) is 12.0. The molecule has 0 aliphatic rings. The van der Waals surface area contributed by atoms with Crippen LogP contribution in [-0.2, 0) is 0 Å². The minimum absolute atomic E-state index is 0.0719. The predicted molar refractivity (Wildman–Crippen MR) is 84.0 cm³/mol. The number of aliphatic hydroxyl groups is 1. The molecule has 21 heavy (non-hydrogen) atoms. The molecule has 0 aliphatic carbocycles. The van der Waals surface area contributed by atoms with Gasteiger partial charge in [-0.2, -0.15) is 0 Å². The van der Waals surface area contributed by atoms with E-state index < -0.39 is 0 Å². The van der Waals surface area contributed by atoms with Crippen molar-refractivity contribution in [2.24, 2.45) is 0 Å². The highest BCUT2D eigenvalue weighted by Crippen LogP contribution is 2.25. The predicted octanol–water partition coefficient (Wildman–Crippen LogP) is 2.87. The fraction of sp³-hybridized carbons (Fsp3) is 0.312. The van der Waals surface area contributed by atoms with Crippen LogP contribution >= 0.6 is 11.3 Å². The Kier molecular flexibility index (Phi) is 4.98. The number of rotatable bonds is 5. The van der Waals surface area contributed by atoms with Crippen LogP contribution in [0.15, 0.2) is 35.7 Å². The summed E-state index contributed by atoms with van der Waals surface area (Å²) in [5.74, 6) is 0.677. The quantitative estimate of drug-likeness (QED) is 0.924. The Morgan fingerprint density at radius 3 is 2.48 bits per heavy atom. The van der Waals surface area contributed by atoms with E-state index in [4.69, 9.17) is 4.74 Å². The summed E-state index contributed by atoms with van der Waals surface area (Å²) >= 11 is 1.42. The van der Waals surface area contributed by atoms with Crippen LogP contribution < -0.4 is 4.74 Å². The van der Waals surface area contributed by atoms with Crippen LogP contribution in [0.1, 0.15) is 26.8 Å². The molecule has 1 aromatic heterocycles. The number of benzene rings is 1. The van der Waals surface area contributed by atoms with E-state index in [2.05, 4.69) is 0 Å². The number of methoxy groups -OCH3 is 1. The van der Waals surface area contributed by atoms with Gasteiger partial charge in [0.1, 0.15) is 5.75 Å². The lowest BCUT2D eigenvalue weighted by atomic mass is 10.1. The van der Waals surface area contributed by atoms with Crippen LogP contribution in [-0.4, -0.2) is 36.7 Å². The van der Waals surface area contributed by atoms with E-state index in [0.29, 0.717) is 4.88 Å². The minimum Gasteiger partial charge on any atom is -0.497 e. The van der Waals surface area contributed by atoms with Gasteiger partial charge in [-0.3, -0.25) is 4.79 Å². The summed E-state index contributed by atoms with van der Waals surface area (Å²) in [5, 5.41) is 11.6. The number of aliphatic hydroxyl groups excluding tert-OH is 1. The maximum absolute atomic E-state index is 12.5. The molecule has 0 saturated heterocycles. The standard InChI is InChI=1S/C16H19NO3S/c1-11-8-9-21-15(11)16(19)17(2)14(10-18)12-4-6-13(20-3)7-5-12/h4-9,14,18H,10H2,1-3H3. The Labute approximate surface area is 128 Å². The summed E-state index contributed by atoms with van der Waals surface area (Å²) < 4.78 is 5.12. The lowest BCUT2D eigenvalue weighted by Gasteiger charge is -2.27. The highest BCUT2D eigenvalue weighted by Gasteiger charge is 2.24. The van der Waals surface area contributed by atoms with E-state index in [1.165, 1.54) is 11.3 Å². The molecule has 0 bridgehead atoms. The first-order chi connectivity index (χ1) is 10.1. The van der Waals surface area contributed by atoms with E-state index in [1.54, 1.807) is 19.1 Å². The van der Waals surface area contributed by atoms with Crippen molar-refractivity contribution >= 4 is 17.2 Å². The molecule has 1 aromatic carbocycles. The Bertz CT molecular complexity index is 606. The number of hydrogen-bond donors (Lipinski definition) is 1. The van der Waals surface area contributed by atoms with Gasteiger partial charge in [0, 0.05) is 7.05 Å². The third kappa shape index (κ3) is 3.25. The Morgan fingerprint density at radius 1 is 1.33 bits per heavy atom. The first-order valence-corrected chi connectivity index (χ1v) is 7.52. The van der Waals surface area contributed by atoms with Gasteiger partial charge in [0.05, 0.1) is 24.6 Å². The van der Waals surface area contributed by atoms with Crippen LogP contribution in [0.25, 0.3) is 0 Å². The van der Waals surface area contributed by atoms with Crippen molar-refractivity contribution < 1.29 is 14.6 Å². The maximum Gasteiger partial charge on any atom is 0.264 e. The average Bonchev–Trinajstić information content (AvgIpc) is 2.94. The van der Waals surface area contributed by atoms with Crippen LogP contribution in [0.4, 0.5) is 0 Å². The van der Waals surface area contributed by atoms with Gasteiger partial charge >= 0.3 is 0 Å². The van der Waals surface area contributed by atoms with Crippen molar-refractivity contribution in [3.63, 3.8) is 0 Å². The van der Waals surface area contributed by atoms with Crippen LogP contribution in [0.3, 0.4) is 0 Å². The lowest BCUT2D eigenvalue weighted by Crippen LogP contribution is -2.33. The van der Waals surface area contributed by atoms with E-state index in [0.717, 1.165) is 16.9 Å². The van der Waals surface area contributed by atoms with E-state index in [9.17, 15) is 9.90 Å². The second-order valence-corrected chi connectivity index (χ2v) is 5.74. The monoisotopic (exact) mass is 305 g/mol. The van der Waals surface area contributed by atoms with Gasteiger partial charge in [-0.15, -0.1) is 11.3 Å². The summed E-state index contributed by atoms with van der Waals surface area (Å²) in [7, 11) is 3.32. The Hall–Kier alpha value is -1.85. The molecule has 0 spiro atoms. The maximum atomic E-state index is 12.5. The third-order valence-corrected chi connectivity index (χ3v) is 4.52. The number of amides is 1. The van der Waals surface area contributed by atoms with Crippen molar-refractivity contribution in [2.45, 2.75) is 13.0 Å². The molecule has 2 aromatic rings. The zero-order valence-corrected chi connectivity index (χ0v) is 13.2. The summed E-state index contributed by atoms with van der Waals surface area (Å²) in [5.41, 5.74) is 1.84. The molecule has 5 heteroatoms. The fourth-order valence-electron chi connectivity index (χ4n) is 2.17. The molecule has 0 aliphatic heterocycles. The minimum atomic E-state index is -0.370. The number of likely N-dealkylation sites (N-methyl/N-ethyl adjacent to an activating group) is 1. The van der Waals surface area contributed by atoms with E-state index in [1.807, 2.05) is 42.6 Å². The van der Waals surface area contributed by atoms with Crippen molar-refractivity contribution in [3.05, 3.63) is 51.7 Å². The van der Waals surface area contributed by atoms with Crippen molar-refractivity contribution in [1.82, 2.24) is 4.90 Å². The van der Waals surface area contributed by atoms with Crippen LogP contribution in [0, 0.1) is 6.92 Å². The molecule has 1 N–H and O–H groups in total. The van der Waals surface area contributed by atoms with Gasteiger partial charge in [0.25, 0.3) is 5.91 Å². The SMILES string of the molecule is COc1ccc(C(CO)N(C)C(=O)c2sccc2C)cc1. The van der Waals surface area contributed by atoms with Crippen LogP contribution in [0.2, 0.25) is 0 Å². The molecular formula is C16H19NO3S. The van der Waals surface area contributed by atoms with Gasteiger partial charge < -0.3 is 14.7 Å². The Balaban J connectivity index is 2.23. The topological polar surface area (TPSA) is 49.8 Å². The number of carbonyl (C=O) groups excluding carboxylic acids is 1. The number of ether oxygens (including phenoxy) is 1. The number of aryl methyl sites for hydroxylation is 1. The van der Waals surface area contributed by atoms with E-state index >= 15 is 0 Å². The van der Waals surface area contributed by atoms with Gasteiger partial charge in [0.15, 0.2) is 0 Å². The zero-order valence-electron chi connectivity index (χ0n) is 12.4. The molecule has 0 saturated carbocycles. The number of carbonyl (C=O) groups is 1. The summed E-state index contributed by atoms with van der Waals surface area (Å²) in [6.07, 6.45) is 0. The molecule has 1 unspecified atom stereocenters. The molecule has 0 fully saturated rings. The smallest absolute Gasteiger partial charge is 0.264 e. The molecular weight excluding hydrogens is 286 g/mol. The first-order valence-electron chi connectivity index (χ1n) is 6.64. The molecule has 2 rings (SSSR count). The largest absolute Gasteiger partial charge is 0.497 e. The van der Waals surface area contributed by atoms with Gasteiger partial charge in [-0.05, 0) is 41.6 Å². The molecule has 1 atom stereocenters. The summed E-state index contributed by atoms with van der Waals surface area (Å²) in [4.78, 5) is 14.8. The second-order valence-electron chi connectivity index (χ2n) is 4.82. The van der Waals surface area contributed by atoms with Crippen molar-refractivity contribution in [3.8, 4) is 5.75 Å². The Morgan fingerprint density at radius 2 is 2.00 bits per heavy atom. The zero-order chi connectivity index (χ0) is 15.4. The number of thiophene rings is 1. The molecule has 0 radical (unpaired) electrons. The van der Waals surface area contributed by atoms with Gasteiger partial charge in [-0.1, -0.05) is 12.1 Å². The van der Waals surface area contributed by atoms with Gasteiger partial charge in [0.2, 0.25) is 0 Å². The summed E-state index contributed by atoms with van der Waals surface area (Å²) in [6, 6.07) is 8.94. The molecule has 1 heterocycles. The molecule has 1 amide bonds. The van der Waals surface area contributed by atoms with Gasteiger partial charge in [-0.25, -0.2) is 0 Å². The average molecular weight is 305 g/mol.